The van der Waals surface area contributed by atoms with Crippen LogP contribution in [0.25, 0.3) is 11.0 Å². The SMILES string of the molecule is O=C(NCC(=O)N1CCC(N2CCCCC2)CC1)c1nc2ccccc2n1Cc1ccccc1. The van der Waals surface area contributed by atoms with Crippen molar-refractivity contribution in [2.45, 2.75) is 44.7 Å². The predicted octanol–water partition coefficient (Wildman–Crippen LogP) is 3.29. The van der Waals surface area contributed by atoms with Crippen molar-refractivity contribution < 1.29 is 9.59 Å². The van der Waals surface area contributed by atoms with Gasteiger partial charge < -0.3 is 19.7 Å². The molecule has 7 heteroatoms. The van der Waals surface area contributed by atoms with Crippen LogP contribution >= 0.6 is 0 Å². The summed E-state index contributed by atoms with van der Waals surface area (Å²) in [6.07, 6.45) is 5.96. The van der Waals surface area contributed by atoms with E-state index >= 15 is 0 Å². The van der Waals surface area contributed by atoms with Crippen LogP contribution in [0.1, 0.15) is 48.3 Å². The summed E-state index contributed by atoms with van der Waals surface area (Å²) in [5.41, 5.74) is 2.77. The molecule has 2 saturated heterocycles. The van der Waals surface area contributed by atoms with Gasteiger partial charge in [0.15, 0.2) is 5.82 Å². The lowest BCUT2D eigenvalue weighted by atomic mass is 10.00. The van der Waals surface area contributed by atoms with Crippen LogP contribution in [0.5, 0.6) is 0 Å². The van der Waals surface area contributed by atoms with Crippen molar-refractivity contribution in [1.29, 1.82) is 0 Å². The molecule has 34 heavy (non-hydrogen) atoms. The van der Waals surface area contributed by atoms with Crippen molar-refractivity contribution in [3.63, 3.8) is 0 Å². The summed E-state index contributed by atoms with van der Waals surface area (Å²) in [6, 6.07) is 18.4. The molecule has 2 aromatic carbocycles. The molecule has 1 aromatic heterocycles. The second-order valence-electron chi connectivity index (χ2n) is 9.39. The third-order valence-electron chi connectivity index (χ3n) is 7.17. The van der Waals surface area contributed by atoms with Gasteiger partial charge in [-0.2, -0.15) is 0 Å². The number of hydrogen-bond acceptors (Lipinski definition) is 4. The van der Waals surface area contributed by atoms with Crippen LogP contribution in [0.2, 0.25) is 0 Å². The fraction of sp³-hybridized carbons (Fsp3) is 0.444. The van der Waals surface area contributed by atoms with Crippen molar-refractivity contribution in [3.05, 3.63) is 66.0 Å². The maximum atomic E-state index is 13.1. The summed E-state index contributed by atoms with van der Waals surface area (Å²) in [7, 11) is 0. The van der Waals surface area contributed by atoms with Crippen LogP contribution in [0.3, 0.4) is 0 Å². The van der Waals surface area contributed by atoms with Crippen molar-refractivity contribution >= 4 is 22.8 Å². The van der Waals surface area contributed by atoms with Crippen LogP contribution < -0.4 is 5.32 Å². The van der Waals surface area contributed by atoms with Crippen LogP contribution in [0.4, 0.5) is 0 Å². The largest absolute Gasteiger partial charge is 0.341 e. The highest BCUT2D eigenvalue weighted by Gasteiger charge is 2.28. The number of hydrogen-bond donors (Lipinski definition) is 1. The predicted molar refractivity (Wildman–Crippen MR) is 133 cm³/mol. The first-order valence-electron chi connectivity index (χ1n) is 12.5. The standard InChI is InChI=1S/C27H33N5O2/c33-25(31-17-13-22(14-18-31)30-15-7-2-8-16-30)19-28-27(34)26-29-23-11-5-6-12-24(23)32(26)20-21-9-3-1-4-10-21/h1,3-6,9-12,22H,2,7-8,13-20H2,(H,28,34). The number of aromatic nitrogens is 2. The zero-order valence-corrected chi connectivity index (χ0v) is 19.7. The Hall–Kier alpha value is -3.19. The van der Waals surface area contributed by atoms with Crippen LogP contribution in [-0.2, 0) is 11.3 Å². The normalized spacial score (nSPS) is 17.7. The fourth-order valence-corrected chi connectivity index (χ4v) is 5.29. The average Bonchev–Trinajstić information content (AvgIpc) is 3.26. The molecule has 0 spiro atoms. The van der Waals surface area contributed by atoms with E-state index in [-0.39, 0.29) is 18.4 Å². The highest BCUT2D eigenvalue weighted by molar-refractivity contribution is 5.96. The van der Waals surface area contributed by atoms with Crippen molar-refractivity contribution in [2.24, 2.45) is 0 Å². The Balaban J connectivity index is 1.21. The van der Waals surface area contributed by atoms with Crippen molar-refractivity contribution in [1.82, 2.24) is 24.7 Å². The van der Waals surface area contributed by atoms with Gasteiger partial charge in [-0.3, -0.25) is 9.59 Å². The molecule has 178 valence electrons. The van der Waals surface area contributed by atoms with E-state index in [1.54, 1.807) is 0 Å². The molecule has 7 nitrogen and oxygen atoms in total. The molecule has 3 heterocycles. The van der Waals surface area contributed by atoms with E-state index in [2.05, 4.69) is 15.2 Å². The molecule has 2 amide bonds. The van der Waals surface area contributed by atoms with Gasteiger partial charge in [-0.25, -0.2) is 4.98 Å². The minimum Gasteiger partial charge on any atom is -0.341 e. The summed E-state index contributed by atoms with van der Waals surface area (Å²) in [6.45, 7) is 4.46. The zero-order valence-electron chi connectivity index (χ0n) is 19.7. The maximum absolute atomic E-state index is 13.1. The number of amides is 2. The number of piperidine rings is 2. The number of carbonyl (C=O) groups excluding carboxylic acids is 2. The molecular formula is C27H33N5O2. The van der Waals surface area contributed by atoms with E-state index in [1.807, 2.05) is 64.1 Å². The minimum absolute atomic E-state index is 0.00174. The lowest BCUT2D eigenvalue weighted by Crippen LogP contribution is -2.50. The molecule has 5 rings (SSSR count). The summed E-state index contributed by atoms with van der Waals surface area (Å²) in [4.78, 5) is 35.0. The third-order valence-corrected chi connectivity index (χ3v) is 7.17. The molecule has 1 N–H and O–H groups in total. The number of benzene rings is 2. The first kappa shape index (κ1) is 22.6. The fourth-order valence-electron chi connectivity index (χ4n) is 5.29. The van der Waals surface area contributed by atoms with Crippen molar-refractivity contribution in [2.75, 3.05) is 32.7 Å². The highest BCUT2D eigenvalue weighted by atomic mass is 16.2. The molecule has 0 bridgehead atoms. The molecule has 2 aliphatic rings. The first-order chi connectivity index (χ1) is 16.7. The minimum atomic E-state index is -0.316. The molecule has 0 aliphatic carbocycles. The van der Waals surface area contributed by atoms with Gasteiger partial charge in [0.05, 0.1) is 17.6 Å². The molecule has 0 unspecified atom stereocenters. The summed E-state index contributed by atoms with van der Waals surface area (Å²) in [5, 5.41) is 2.83. The van der Waals surface area contributed by atoms with Gasteiger partial charge in [-0.1, -0.05) is 48.9 Å². The summed E-state index contributed by atoms with van der Waals surface area (Å²) < 4.78 is 1.93. The van der Waals surface area contributed by atoms with Gasteiger partial charge in [0, 0.05) is 25.7 Å². The van der Waals surface area contributed by atoms with Crippen molar-refractivity contribution in [3.8, 4) is 0 Å². The number of fused-ring (bicyclic) bond motifs is 1. The van der Waals surface area contributed by atoms with Gasteiger partial charge in [0.2, 0.25) is 5.91 Å². The number of nitrogens with one attached hydrogen (secondary N) is 1. The number of carbonyl (C=O) groups is 2. The van der Waals surface area contributed by atoms with Gasteiger partial charge in [-0.15, -0.1) is 0 Å². The molecule has 2 aliphatic heterocycles. The Bertz CT molecular complexity index is 1130. The second kappa shape index (κ2) is 10.4. The van der Waals surface area contributed by atoms with Gasteiger partial charge >= 0.3 is 0 Å². The zero-order chi connectivity index (χ0) is 23.3. The van der Waals surface area contributed by atoms with Crippen LogP contribution in [0, 0.1) is 0 Å². The topological polar surface area (TPSA) is 70.5 Å². The first-order valence-corrected chi connectivity index (χ1v) is 12.5. The molecule has 0 radical (unpaired) electrons. The lowest BCUT2D eigenvalue weighted by Gasteiger charge is -2.40. The van der Waals surface area contributed by atoms with E-state index in [1.165, 1.54) is 32.4 Å². The number of imidazole rings is 1. The van der Waals surface area contributed by atoms with E-state index in [0.29, 0.717) is 18.4 Å². The smallest absolute Gasteiger partial charge is 0.287 e. The van der Waals surface area contributed by atoms with E-state index in [0.717, 1.165) is 42.5 Å². The number of nitrogens with zero attached hydrogens (tertiary/aromatic N) is 4. The van der Waals surface area contributed by atoms with Gasteiger partial charge in [0.25, 0.3) is 5.91 Å². The van der Waals surface area contributed by atoms with Gasteiger partial charge in [-0.05, 0) is 56.5 Å². The lowest BCUT2D eigenvalue weighted by molar-refractivity contribution is -0.131. The summed E-state index contributed by atoms with van der Waals surface area (Å²) >= 11 is 0. The van der Waals surface area contributed by atoms with E-state index in [9.17, 15) is 9.59 Å². The Morgan fingerprint density at radius 3 is 2.35 bits per heavy atom. The monoisotopic (exact) mass is 459 g/mol. The molecule has 0 saturated carbocycles. The number of rotatable bonds is 6. The second-order valence-corrected chi connectivity index (χ2v) is 9.39. The maximum Gasteiger partial charge on any atom is 0.287 e. The number of likely N-dealkylation sites (tertiary alicyclic amines) is 2. The Morgan fingerprint density at radius 2 is 1.59 bits per heavy atom. The van der Waals surface area contributed by atoms with E-state index in [4.69, 9.17) is 0 Å². The molecule has 3 aromatic rings. The Kier molecular flexibility index (Phi) is 6.90. The van der Waals surface area contributed by atoms with Gasteiger partial charge in [0.1, 0.15) is 0 Å². The average molecular weight is 460 g/mol. The number of para-hydroxylation sites is 2. The molecule has 0 atom stereocenters. The quantitative estimate of drug-likeness (QED) is 0.614. The molecular weight excluding hydrogens is 426 g/mol. The third kappa shape index (κ3) is 4.99. The van der Waals surface area contributed by atoms with E-state index < -0.39 is 0 Å². The molecule has 2 fully saturated rings. The van der Waals surface area contributed by atoms with Crippen LogP contribution in [-0.4, -0.2) is 69.9 Å². The van der Waals surface area contributed by atoms with Crippen LogP contribution in [0.15, 0.2) is 54.6 Å². The Labute approximate surface area is 200 Å². The summed E-state index contributed by atoms with van der Waals surface area (Å²) in [5.74, 6) is 0.00140. The Morgan fingerprint density at radius 1 is 0.882 bits per heavy atom. The highest BCUT2D eigenvalue weighted by Crippen LogP contribution is 2.21.